The molecule has 0 saturated carbocycles. The molecule has 0 N–H and O–H groups in total. The van der Waals surface area contributed by atoms with Crippen molar-refractivity contribution >= 4 is 11.6 Å². The van der Waals surface area contributed by atoms with Crippen molar-refractivity contribution in [3.63, 3.8) is 0 Å². The molecule has 62 valence electrons. The predicted molar refractivity (Wildman–Crippen MR) is 38.6 cm³/mol. The van der Waals surface area contributed by atoms with E-state index in [1.54, 1.807) is 0 Å². The molecule has 11 heavy (non-hydrogen) atoms. The molecule has 1 atom stereocenters. The largest absolute Gasteiger partial charge is 0.875 e. The first kappa shape index (κ1) is 9.88. The van der Waals surface area contributed by atoms with Gasteiger partial charge in [-0.2, -0.15) is 0 Å². The van der Waals surface area contributed by atoms with Crippen molar-refractivity contribution in [3.05, 3.63) is 12.3 Å². The van der Waals surface area contributed by atoms with Crippen molar-refractivity contribution in [2.45, 2.75) is 20.3 Å². The van der Waals surface area contributed by atoms with Crippen LogP contribution in [0.15, 0.2) is 12.3 Å². The number of carbonyl (C=O) groups is 2. The lowest BCUT2D eigenvalue weighted by molar-refractivity contribution is -0.312. The van der Waals surface area contributed by atoms with Crippen LogP contribution in [0.4, 0.5) is 0 Å². The van der Waals surface area contributed by atoms with E-state index in [0.717, 1.165) is 0 Å². The molecule has 3 nitrogen and oxygen atoms in total. The second-order valence-electron chi connectivity index (χ2n) is 2.54. The minimum absolute atomic E-state index is 0.0162. The molecular weight excluding hydrogens is 144 g/mol. The summed E-state index contributed by atoms with van der Waals surface area (Å²) in [5.74, 6) is -1.76. The Morgan fingerprint density at radius 2 is 1.91 bits per heavy atom. The molecule has 0 saturated heterocycles. The standard InChI is InChI=1S/C8H12O3/c1-5(9)4-8(6(2)10)7(3)11/h8,10H,2,4H2,1,3H3/p-1. The summed E-state index contributed by atoms with van der Waals surface area (Å²) >= 11 is 0. The van der Waals surface area contributed by atoms with Gasteiger partial charge in [0.25, 0.3) is 0 Å². The smallest absolute Gasteiger partial charge is 0.136 e. The topological polar surface area (TPSA) is 57.2 Å². The molecule has 0 radical (unpaired) electrons. The Labute approximate surface area is 65.7 Å². The number of hydrogen-bond acceptors (Lipinski definition) is 3. The zero-order chi connectivity index (χ0) is 9.02. The van der Waals surface area contributed by atoms with E-state index in [2.05, 4.69) is 6.58 Å². The molecule has 3 heteroatoms. The summed E-state index contributed by atoms with van der Waals surface area (Å²) in [7, 11) is 0. The minimum atomic E-state index is -0.826. The Hall–Kier alpha value is -1.12. The highest BCUT2D eigenvalue weighted by molar-refractivity contribution is 5.87. The highest BCUT2D eigenvalue weighted by atomic mass is 16.3. The first-order valence-corrected chi connectivity index (χ1v) is 3.31. The molecule has 0 spiro atoms. The summed E-state index contributed by atoms with van der Waals surface area (Å²) in [4.78, 5) is 21.2. The molecule has 0 aromatic carbocycles. The third kappa shape index (κ3) is 3.55. The van der Waals surface area contributed by atoms with Gasteiger partial charge in [-0.15, -0.1) is 12.3 Å². The maximum absolute atomic E-state index is 10.7. The van der Waals surface area contributed by atoms with Gasteiger partial charge in [0.05, 0.1) is 0 Å². The molecule has 1 unspecified atom stereocenters. The van der Waals surface area contributed by atoms with Crippen LogP contribution in [-0.2, 0) is 9.59 Å². The summed E-state index contributed by atoms with van der Waals surface area (Å²) in [6.07, 6.45) is -0.0162. The monoisotopic (exact) mass is 155 g/mol. The maximum atomic E-state index is 10.7. The maximum Gasteiger partial charge on any atom is 0.136 e. The fourth-order valence-corrected chi connectivity index (χ4v) is 0.772. The van der Waals surface area contributed by atoms with Crippen molar-refractivity contribution in [1.29, 1.82) is 0 Å². The summed E-state index contributed by atoms with van der Waals surface area (Å²) < 4.78 is 0. The summed E-state index contributed by atoms with van der Waals surface area (Å²) in [5, 5.41) is 10.6. The molecule has 0 aliphatic carbocycles. The Morgan fingerprint density at radius 3 is 2.00 bits per heavy atom. The van der Waals surface area contributed by atoms with E-state index >= 15 is 0 Å². The van der Waals surface area contributed by atoms with Gasteiger partial charge in [-0.1, -0.05) is 0 Å². The predicted octanol–water partition coefficient (Wildman–Crippen LogP) is 0.0447. The molecule has 0 fully saturated rings. The summed E-state index contributed by atoms with van der Waals surface area (Å²) in [5.41, 5.74) is 0. The van der Waals surface area contributed by atoms with Crippen molar-refractivity contribution in [1.82, 2.24) is 0 Å². The minimum Gasteiger partial charge on any atom is -0.875 e. The van der Waals surface area contributed by atoms with Crippen LogP contribution in [-0.4, -0.2) is 11.6 Å². The third-order valence-electron chi connectivity index (χ3n) is 1.37. The van der Waals surface area contributed by atoms with Gasteiger partial charge in [-0.25, -0.2) is 0 Å². The van der Waals surface area contributed by atoms with Gasteiger partial charge in [-0.3, -0.25) is 9.59 Å². The normalized spacial score (nSPS) is 12.2. The number of hydrogen-bond donors (Lipinski definition) is 0. The van der Waals surface area contributed by atoms with Gasteiger partial charge in [0.15, 0.2) is 0 Å². The highest BCUT2D eigenvalue weighted by Crippen LogP contribution is 2.10. The van der Waals surface area contributed by atoms with Gasteiger partial charge in [-0.05, 0) is 13.8 Å². The third-order valence-corrected chi connectivity index (χ3v) is 1.37. The van der Waals surface area contributed by atoms with Crippen molar-refractivity contribution in [2.75, 3.05) is 0 Å². The lowest BCUT2D eigenvalue weighted by Crippen LogP contribution is -2.23. The van der Waals surface area contributed by atoms with Crippen LogP contribution < -0.4 is 5.11 Å². The molecule has 0 aromatic heterocycles. The fourth-order valence-electron chi connectivity index (χ4n) is 0.772. The van der Waals surface area contributed by atoms with Crippen molar-refractivity contribution < 1.29 is 14.7 Å². The fraction of sp³-hybridized carbons (Fsp3) is 0.500. The number of ketones is 2. The zero-order valence-corrected chi connectivity index (χ0v) is 6.72. The van der Waals surface area contributed by atoms with Gasteiger partial charge >= 0.3 is 0 Å². The lowest BCUT2D eigenvalue weighted by atomic mass is 9.97. The molecule has 0 rings (SSSR count). The lowest BCUT2D eigenvalue weighted by Gasteiger charge is -2.18. The van der Waals surface area contributed by atoms with Crippen LogP contribution in [0.3, 0.4) is 0 Å². The van der Waals surface area contributed by atoms with Gasteiger partial charge in [0.2, 0.25) is 0 Å². The Morgan fingerprint density at radius 1 is 1.45 bits per heavy atom. The van der Waals surface area contributed by atoms with E-state index < -0.39 is 11.7 Å². The van der Waals surface area contributed by atoms with Crippen LogP contribution in [0, 0.1) is 5.92 Å². The van der Waals surface area contributed by atoms with E-state index in [0.29, 0.717) is 0 Å². The van der Waals surface area contributed by atoms with Crippen molar-refractivity contribution in [3.8, 4) is 0 Å². The first-order valence-electron chi connectivity index (χ1n) is 3.31. The summed E-state index contributed by atoms with van der Waals surface area (Å²) in [6, 6.07) is 0. The second kappa shape index (κ2) is 3.91. The van der Waals surface area contributed by atoms with E-state index in [1.807, 2.05) is 0 Å². The zero-order valence-electron chi connectivity index (χ0n) is 6.72. The van der Waals surface area contributed by atoms with E-state index in [9.17, 15) is 14.7 Å². The highest BCUT2D eigenvalue weighted by Gasteiger charge is 2.13. The van der Waals surface area contributed by atoms with Gasteiger partial charge < -0.3 is 5.11 Å². The van der Waals surface area contributed by atoms with E-state index in [4.69, 9.17) is 0 Å². The quantitative estimate of drug-likeness (QED) is 0.539. The Bertz CT molecular complexity index is 180. The molecule has 0 heterocycles. The Kier molecular flexibility index (Phi) is 3.51. The Balaban J connectivity index is 4.23. The van der Waals surface area contributed by atoms with Gasteiger partial charge in [0, 0.05) is 12.3 Å². The SMILES string of the molecule is C=C([O-])C(CC(C)=O)C(C)=O. The molecule has 0 bridgehead atoms. The van der Waals surface area contributed by atoms with Crippen LogP contribution in [0.1, 0.15) is 20.3 Å². The molecule has 0 aliphatic heterocycles. The molecule has 0 aliphatic rings. The van der Waals surface area contributed by atoms with Crippen LogP contribution in [0.5, 0.6) is 0 Å². The van der Waals surface area contributed by atoms with E-state index in [1.165, 1.54) is 13.8 Å². The number of carbonyl (C=O) groups excluding carboxylic acids is 2. The second-order valence-corrected chi connectivity index (χ2v) is 2.54. The van der Waals surface area contributed by atoms with Crippen LogP contribution in [0.25, 0.3) is 0 Å². The van der Waals surface area contributed by atoms with Crippen LogP contribution in [0.2, 0.25) is 0 Å². The average molecular weight is 155 g/mol. The first-order chi connectivity index (χ1) is 4.95. The molecular formula is C8H11O3-. The number of allylic oxidation sites excluding steroid dienone is 1. The van der Waals surface area contributed by atoms with E-state index in [-0.39, 0.29) is 18.0 Å². The van der Waals surface area contributed by atoms with Gasteiger partial charge in [0.1, 0.15) is 11.6 Å². The number of rotatable bonds is 4. The number of Topliss-reactive ketones (excluding diaryl/α,β-unsaturated/α-hetero) is 2. The molecule has 0 aromatic rings. The van der Waals surface area contributed by atoms with Crippen LogP contribution >= 0.6 is 0 Å². The van der Waals surface area contributed by atoms with Crippen molar-refractivity contribution in [2.24, 2.45) is 5.92 Å². The summed E-state index contributed by atoms with van der Waals surface area (Å²) in [6.45, 7) is 5.74. The molecule has 0 amide bonds. The average Bonchev–Trinajstić information content (AvgIpc) is 1.81.